The number of benzene rings is 2. The lowest BCUT2D eigenvalue weighted by molar-refractivity contribution is 0.589. The summed E-state index contributed by atoms with van der Waals surface area (Å²) in [6, 6.07) is 10.3. The van der Waals surface area contributed by atoms with Crippen LogP contribution in [0.5, 0.6) is 0 Å². The van der Waals surface area contributed by atoms with Crippen LogP contribution in [0.4, 0.5) is 10.1 Å². The summed E-state index contributed by atoms with van der Waals surface area (Å²) in [6.45, 7) is 1.86. The Kier molecular flexibility index (Phi) is 4.01. The van der Waals surface area contributed by atoms with Gasteiger partial charge in [-0.15, -0.1) is 0 Å². The quantitative estimate of drug-likeness (QED) is 0.868. The molecule has 0 aliphatic heterocycles. The van der Waals surface area contributed by atoms with Crippen LogP contribution in [0.1, 0.15) is 5.56 Å². The Morgan fingerprint density at radius 2 is 1.85 bits per heavy atom. The Bertz CT molecular complexity index is 747. The van der Waals surface area contributed by atoms with E-state index in [0.717, 1.165) is 22.0 Å². The molecule has 3 nitrogen and oxygen atoms in total. The molecule has 0 heterocycles. The van der Waals surface area contributed by atoms with Crippen LogP contribution in [0.15, 0.2) is 47.4 Å². The van der Waals surface area contributed by atoms with Gasteiger partial charge in [0.05, 0.1) is 10.7 Å². The van der Waals surface area contributed by atoms with Gasteiger partial charge >= 0.3 is 0 Å². The Morgan fingerprint density at radius 3 is 2.50 bits per heavy atom. The van der Waals surface area contributed by atoms with Crippen molar-refractivity contribution in [2.75, 3.05) is 11.4 Å². The minimum atomic E-state index is -3.90. The van der Waals surface area contributed by atoms with E-state index in [1.54, 1.807) is 18.2 Å². The third-order valence-electron chi connectivity index (χ3n) is 2.90. The monoisotopic (exact) mass is 313 g/mol. The first-order chi connectivity index (χ1) is 9.32. The number of anilines is 1. The van der Waals surface area contributed by atoms with E-state index in [0.29, 0.717) is 5.69 Å². The van der Waals surface area contributed by atoms with Crippen molar-refractivity contribution in [3.05, 3.63) is 58.9 Å². The van der Waals surface area contributed by atoms with E-state index in [9.17, 15) is 12.8 Å². The van der Waals surface area contributed by atoms with Crippen LogP contribution in [0.2, 0.25) is 5.02 Å². The third kappa shape index (κ3) is 2.78. The number of halogens is 2. The normalized spacial score (nSPS) is 11.4. The molecule has 2 rings (SSSR count). The molecule has 0 aliphatic carbocycles. The van der Waals surface area contributed by atoms with Crippen LogP contribution in [0, 0.1) is 12.7 Å². The number of sulfonamides is 1. The molecular formula is C14H13ClFNO2S. The summed E-state index contributed by atoms with van der Waals surface area (Å²) in [5.41, 5.74) is 1.42. The van der Waals surface area contributed by atoms with Gasteiger partial charge in [-0.05, 0) is 42.8 Å². The van der Waals surface area contributed by atoms with E-state index >= 15 is 0 Å². The number of nitrogens with zero attached hydrogens (tertiary/aromatic N) is 1. The van der Waals surface area contributed by atoms with Gasteiger partial charge in [0, 0.05) is 7.05 Å². The van der Waals surface area contributed by atoms with E-state index in [-0.39, 0.29) is 9.92 Å². The third-order valence-corrected chi connectivity index (χ3v) is 5.16. The summed E-state index contributed by atoms with van der Waals surface area (Å²) in [5.74, 6) is -0.648. The summed E-state index contributed by atoms with van der Waals surface area (Å²) in [6.07, 6.45) is 0. The lowest BCUT2D eigenvalue weighted by Crippen LogP contribution is -2.27. The van der Waals surface area contributed by atoms with Crippen molar-refractivity contribution in [2.24, 2.45) is 0 Å². The highest BCUT2D eigenvalue weighted by atomic mass is 35.5. The van der Waals surface area contributed by atoms with E-state index < -0.39 is 15.8 Å². The highest BCUT2D eigenvalue weighted by Crippen LogP contribution is 2.28. The average Bonchev–Trinajstić information content (AvgIpc) is 2.40. The standard InChI is InChI=1S/C14H13ClFNO2S/c1-10-4-3-5-12(8-10)17(2)20(18,19)14-9-11(16)6-7-13(14)15/h3-9H,1-2H3. The number of aryl methyl sites for hydroxylation is 1. The van der Waals surface area contributed by atoms with Crippen molar-refractivity contribution in [1.29, 1.82) is 0 Å². The summed E-state index contributed by atoms with van der Waals surface area (Å²) in [5, 5.41) is -0.00842. The Balaban J connectivity index is 2.52. The molecule has 0 saturated carbocycles. The van der Waals surface area contributed by atoms with Crippen LogP contribution in [0.25, 0.3) is 0 Å². The first kappa shape index (κ1) is 14.8. The van der Waals surface area contributed by atoms with Crippen molar-refractivity contribution >= 4 is 27.3 Å². The van der Waals surface area contributed by atoms with E-state index in [4.69, 9.17) is 11.6 Å². The fourth-order valence-electron chi connectivity index (χ4n) is 1.79. The zero-order chi connectivity index (χ0) is 14.9. The fourth-order valence-corrected chi connectivity index (χ4v) is 3.46. The molecule has 0 aromatic heterocycles. The molecule has 2 aromatic carbocycles. The SMILES string of the molecule is Cc1cccc(N(C)S(=O)(=O)c2cc(F)ccc2Cl)c1. The van der Waals surface area contributed by atoms with Crippen LogP contribution in [0.3, 0.4) is 0 Å². The maximum Gasteiger partial charge on any atom is 0.265 e. The zero-order valence-electron chi connectivity index (χ0n) is 11.0. The molecule has 20 heavy (non-hydrogen) atoms. The predicted molar refractivity (Wildman–Crippen MR) is 78.2 cm³/mol. The van der Waals surface area contributed by atoms with Gasteiger partial charge in [-0.1, -0.05) is 23.7 Å². The Hall–Kier alpha value is -1.59. The molecule has 6 heteroatoms. The van der Waals surface area contributed by atoms with Crippen molar-refractivity contribution in [3.8, 4) is 0 Å². The molecule has 0 radical (unpaired) electrons. The molecule has 0 spiro atoms. The highest BCUT2D eigenvalue weighted by molar-refractivity contribution is 7.93. The van der Waals surface area contributed by atoms with Gasteiger partial charge in [0.2, 0.25) is 0 Å². The van der Waals surface area contributed by atoms with Gasteiger partial charge in [0.1, 0.15) is 10.7 Å². The molecule has 2 aromatic rings. The minimum absolute atomic E-state index is 0.00842. The van der Waals surface area contributed by atoms with E-state index in [1.165, 1.54) is 13.1 Å². The number of hydrogen-bond acceptors (Lipinski definition) is 2. The minimum Gasteiger partial charge on any atom is -0.269 e. The van der Waals surface area contributed by atoms with Crippen molar-refractivity contribution in [3.63, 3.8) is 0 Å². The average molecular weight is 314 g/mol. The summed E-state index contributed by atoms with van der Waals surface area (Å²) in [4.78, 5) is -0.247. The van der Waals surface area contributed by atoms with Gasteiger partial charge in [-0.2, -0.15) is 0 Å². The lowest BCUT2D eigenvalue weighted by atomic mass is 10.2. The maximum absolute atomic E-state index is 13.3. The fraction of sp³-hybridized carbons (Fsp3) is 0.143. The smallest absolute Gasteiger partial charge is 0.265 e. The first-order valence-electron chi connectivity index (χ1n) is 5.83. The summed E-state index contributed by atoms with van der Waals surface area (Å²) < 4.78 is 39.3. The van der Waals surface area contributed by atoms with Crippen LogP contribution < -0.4 is 4.31 Å². The number of hydrogen-bond donors (Lipinski definition) is 0. The van der Waals surface area contributed by atoms with Gasteiger partial charge < -0.3 is 0 Å². The van der Waals surface area contributed by atoms with Crippen LogP contribution in [-0.2, 0) is 10.0 Å². The second-order valence-electron chi connectivity index (χ2n) is 4.39. The lowest BCUT2D eigenvalue weighted by Gasteiger charge is -2.20. The topological polar surface area (TPSA) is 37.4 Å². The van der Waals surface area contributed by atoms with Gasteiger partial charge in [0.15, 0.2) is 0 Å². The van der Waals surface area contributed by atoms with Crippen molar-refractivity contribution in [2.45, 2.75) is 11.8 Å². The molecule has 0 atom stereocenters. The molecule has 0 N–H and O–H groups in total. The maximum atomic E-state index is 13.3. The van der Waals surface area contributed by atoms with Gasteiger partial charge in [0.25, 0.3) is 10.0 Å². The summed E-state index contributed by atoms with van der Waals surface area (Å²) in [7, 11) is -2.49. The molecule has 0 saturated heterocycles. The van der Waals surface area contributed by atoms with E-state index in [2.05, 4.69) is 0 Å². The van der Waals surface area contributed by atoms with Crippen molar-refractivity contribution in [1.82, 2.24) is 0 Å². The van der Waals surface area contributed by atoms with Crippen molar-refractivity contribution < 1.29 is 12.8 Å². The first-order valence-corrected chi connectivity index (χ1v) is 7.65. The largest absolute Gasteiger partial charge is 0.269 e. The molecule has 0 bridgehead atoms. The molecule has 0 amide bonds. The second-order valence-corrected chi connectivity index (χ2v) is 6.73. The van der Waals surface area contributed by atoms with Gasteiger partial charge in [-0.3, -0.25) is 4.31 Å². The molecular weight excluding hydrogens is 301 g/mol. The highest BCUT2D eigenvalue weighted by Gasteiger charge is 2.24. The van der Waals surface area contributed by atoms with Crippen LogP contribution >= 0.6 is 11.6 Å². The van der Waals surface area contributed by atoms with E-state index in [1.807, 2.05) is 13.0 Å². The molecule has 0 fully saturated rings. The predicted octanol–water partition coefficient (Wildman–Crippen LogP) is 3.61. The number of rotatable bonds is 3. The van der Waals surface area contributed by atoms with Crippen LogP contribution in [-0.4, -0.2) is 15.5 Å². The summed E-state index contributed by atoms with van der Waals surface area (Å²) >= 11 is 5.87. The Labute approximate surface area is 122 Å². The molecule has 106 valence electrons. The molecule has 0 unspecified atom stereocenters. The zero-order valence-corrected chi connectivity index (χ0v) is 12.5. The Morgan fingerprint density at radius 1 is 1.15 bits per heavy atom. The van der Waals surface area contributed by atoms with Gasteiger partial charge in [-0.25, -0.2) is 12.8 Å². The molecule has 0 aliphatic rings. The second kappa shape index (κ2) is 5.42.